The van der Waals surface area contributed by atoms with Gasteiger partial charge in [0.1, 0.15) is 15.3 Å². The molecule has 0 unspecified atom stereocenters. The van der Waals surface area contributed by atoms with E-state index in [2.05, 4.69) is 25.4 Å². The first-order chi connectivity index (χ1) is 14.6. The Bertz CT molecular complexity index is 1430. The fourth-order valence-electron chi connectivity index (χ4n) is 3.09. The number of para-hydroxylation sites is 2. The minimum absolute atomic E-state index is 0.249. The highest BCUT2D eigenvalue weighted by Gasteiger charge is 2.19. The fraction of sp³-hybridized carbons (Fsp3) is 0.0500. The molecule has 30 heavy (non-hydrogen) atoms. The van der Waals surface area contributed by atoms with Crippen LogP contribution in [0.25, 0.3) is 27.3 Å². The summed E-state index contributed by atoms with van der Waals surface area (Å²) in [5, 5.41) is 12.4. The smallest absolute Gasteiger partial charge is 0.267 e. The molecule has 0 aliphatic heterocycles. The van der Waals surface area contributed by atoms with Crippen molar-refractivity contribution in [1.29, 1.82) is 0 Å². The van der Waals surface area contributed by atoms with E-state index in [4.69, 9.17) is 0 Å². The van der Waals surface area contributed by atoms with E-state index in [1.54, 1.807) is 23.5 Å². The molecule has 4 aromatic heterocycles. The van der Waals surface area contributed by atoms with Gasteiger partial charge < -0.3 is 10.3 Å². The fourth-order valence-corrected chi connectivity index (χ4v) is 4.77. The van der Waals surface area contributed by atoms with Crippen molar-refractivity contribution in [2.75, 3.05) is 5.32 Å². The lowest BCUT2D eigenvalue weighted by Gasteiger charge is -2.11. The van der Waals surface area contributed by atoms with Crippen LogP contribution in [0, 0.1) is 6.92 Å². The maximum atomic E-state index is 13.0. The molecule has 4 heterocycles. The molecule has 0 aliphatic carbocycles. The molecule has 10 heteroatoms. The van der Waals surface area contributed by atoms with Crippen LogP contribution in [-0.2, 0) is 0 Å². The predicted octanol–water partition coefficient (Wildman–Crippen LogP) is 3.85. The van der Waals surface area contributed by atoms with Gasteiger partial charge in [0.2, 0.25) is 0 Å². The number of thiazole rings is 1. The number of aromatic nitrogens is 5. The Morgan fingerprint density at radius 3 is 2.93 bits per heavy atom. The number of aryl methyl sites for hydroxylation is 1. The number of nitrogens with zero attached hydrogens (tertiary/aromatic N) is 4. The first-order valence-corrected chi connectivity index (χ1v) is 10.7. The van der Waals surface area contributed by atoms with Crippen LogP contribution in [0.3, 0.4) is 0 Å². The van der Waals surface area contributed by atoms with Crippen LogP contribution >= 0.6 is 22.7 Å². The van der Waals surface area contributed by atoms with E-state index >= 15 is 0 Å². The molecule has 1 aromatic carbocycles. The molecule has 0 atom stereocenters. The van der Waals surface area contributed by atoms with Crippen molar-refractivity contribution in [2.45, 2.75) is 6.92 Å². The number of anilines is 1. The lowest BCUT2D eigenvalue weighted by Crippen LogP contribution is -2.14. The minimum atomic E-state index is -0.269. The number of carbonyl (C=O) groups excluding carboxylic acids is 1. The number of nitrogens with one attached hydrogen (secondary N) is 2. The maximum absolute atomic E-state index is 13.0. The monoisotopic (exact) mass is 434 g/mol. The SMILES string of the molecule is Cc1nc(-c2ccsc2)sc1C(=O)Nc1ccccc1-n1ncc2c(=O)[nH]cnc21. The van der Waals surface area contributed by atoms with Crippen LogP contribution in [0.15, 0.2) is 58.4 Å². The summed E-state index contributed by atoms with van der Waals surface area (Å²) in [4.78, 5) is 36.8. The van der Waals surface area contributed by atoms with E-state index in [1.165, 1.54) is 28.5 Å². The zero-order valence-electron chi connectivity index (χ0n) is 15.6. The van der Waals surface area contributed by atoms with E-state index in [-0.39, 0.29) is 11.5 Å². The average molecular weight is 435 g/mol. The third-order valence-corrected chi connectivity index (χ3v) is 6.41. The molecule has 5 rings (SSSR count). The van der Waals surface area contributed by atoms with Gasteiger partial charge >= 0.3 is 0 Å². The highest BCUT2D eigenvalue weighted by molar-refractivity contribution is 7.17. The maximum Gasteiger partial charge on any atom is 0.267 e. The molecule has 148 valence electrons. The Kier molecular flexibility index (Phi) is 4.49. The second-order valence-corrected chi connectivity index (χ2v) is 8.22. The second-order valence-electron chi connectivity index (χ2n) is 6.44. The summed E-state index contributed by atoms with van der Waals surface area (Å²) < 4.78 is 1.54. The zero-order valence-corrected chi connectivity index (χ0v) is 17.3. The summed E-state index contributed by atoms with van der Waals surface area (Å²) in [5.74, 6) is -0.249. The second kappa shape index (κ2) is 7.32. The number of amides is 1. The molecule has 0 aliphatic rings. The van der Waals surface area contributed by atoms with Crippen molar-refractivity contribution in [3.8, 4) is 16.3 Å². The van der Waals surface area contributed by atoms with Gasteiger partial charge in [0.25, 0.3) is 11.5 Å². The summed E-state index contributed by atoms with van der Waals surface area (Å²) in [6.07, 6.45) is 2.79. The van der Waals surface area contributed by atoms with Gasteiger partial charge in [-0.1, -0.05) is 12.1 Å². The van der Waals surface area contributed by atoms with Gasteiger partial charge in [0.15, 0.2) is 5.65 Å². The first-order valence-electron chi connectivity index (χ1n) is 8.94. The number of fused-ring (bicyclic) bond motifs is 1. The highest BCUT2D eigenvalue weighted by Crippen LogP contribution is 2.30. The van der Waals surface area contributed by atoms with Crippen molar-refractivity contribution in [1.82, 2.24) is 24.7 Å². The Morgan fingerprint density at radius 1 is 1.23 bits per heavy atom. The summed E-state index contributed by atoms with van der Waals surface area (Å²) in [7, 11) is 0. The molecule has 0 bridgehead atoms. The Labute approximate surface area is 177 Å². The number of aromatic amines is 1. The number of hydrogen-bond acceptors (Lipinski definition) is 7. The largest absolute Gasteiger partial charge is 0.319 e. The number of benzene rings is 1. The molecule has 0 spiro atoms. The summed E-state index contributed by atoms with van der Waals surface area (Å²) >= 11 is 2.94. The van der Waals surface area contributed by atoms with Gasteiger partial charge in [-0.2, -0.15) is 16.4 Å². The van der Waals surface area contributed by atoms with E-state index in [0.717, 1.165) is 10.6 Å². The minimum Gasteiger partial charge on any atom is -0.319 e. The van der Waals surface area contributed by atoms with E-state index < -0.39 is 0 Å². The number of thiophene rings is 1. The quantitative estimate of drug-likeness (QED) is 0.447. The number of H-pyrrole nitrogens is 1. The van der Waals surface area contributed by atoms with Gasteiger partial charge in [-0.05, 0) is 30.5 Å². The third-order valence-electron chi connectivity index (χ3n) is 4.52. The number of carbonyl (C=O) groups is 1. The molecule has 8 nitrogen and oxygen atoms in total. The van der Waals surface area contributed by atoms with Gasteiger partial charge in [-0.3, -0.25) is 9.59 Å². The molecular weight excluding hydrogens is 420 g/mol. The average Bonchev–Trinajstić information content (AvgIpc) is 3.48. The molecule has 0 saturated heterocycles. The molecule has 0 fully saturated rings. The van der Waals surface area contributed by atoms with Crippen LogP contribution in [0.1, 0.15) is 15.4 Å². The molecule has 2 N–H and O–H groups in total. The first kappa shape index (κ1) is 18.4. The van der Waals surface area contributed by atoms with E-state index in [0.29, 0.717) is 33.0 Å². The molecule has 5 aromatic rings. The number of rotatable bonds is 4. The summed E-state index contributed by atoms with van der Waals surface area (Å²) in [5.41, 5.74) is 2.99. The Morgan fingerprint density at radius 2 is 2.10 bits per heavy atom. The van der Waals surface area contributed by atoms with Crippen molar-refractivity contribution in [2.24, 2.45) is 0 Å². The third kappa shape index (κ3) is 3.11. The van der Waals surface area contributed by atoms with Crippen LogP contribution in [0.4, 0.5) is 5.69 Å². The zero-order chi connectivity index (χ0) is 20.7. The van der Waals surface area contributed by atoms with Crippen LogP contribution in [0.5, 0.6) is 0 Å². The van der Waals surface area contributed by atoms with Crippen LogP contribution in [0.2, 0.25) is 0 Å². The molecule has 0 saturated carbocycles. The van der Waals surface area contributed by atoms with Crippen molar-refractivity contribution < 1.29 is 4.79 Å². The Balaban J connectivity index is 1.52. The summed E-state index contributed by atoms with van der Waals surface area (Å²) in [6, 6.07) is 9.22. The Hall–Kier alpha value is -3.63. The van der Waals surface area contributed by atoms with Crippen molar-refractivity contribution >= 4 is 45.3 Å². The normalized spacial score (nSPS) is 11.1. The molecule has 0 radical (unpaired) electrons. The predicted molar refractivity (Wildman–Crippen MR) is 118 cm³/mol. The highest BCUT2D eigenvalue weighted by atomic mass is 32.1. The molecule has 1 amide bonds. The number of hydrogen-bond donors (Lipinski definition) is 2. The van der Waals surface area contributed by atoms with Crippen molar-refractivity contribution in [3.63, 3.8) is 0 Å². The van der Waals surface area contributed by atoms with Gasteiger partial charge in [0.05, 0.1) is 29.6 Å². The van der Waals surface area contributed by atoms with Crippen LogP contribution in [-0.4, -0.2) is 30.6 Å². The lowest BCUT2D eigenvalue weighted by molar-refractivity contribution is 0.103. The van der Waals surface area contributed by atoms with E-state index in [1.807, 2.05) is 35.9 Å². The van der Waals surface area contributed by atoms with Crippen LogP contribution < -0.4 is 10.9 Å². The van der Waals surface area contributed by atoms with Gasteiger partial charge in [0, 0.05) is 10.9 Å². The molecular formula is C20H14N6O2S2. The summed E-state index contributed by atoms with van der Waals surface area (Å²) in [6.45, 7) is 1.82. The van der Waals surface area contributed by atoms with E-state index in [9.17, 15) is 9.59 Å². The lowest BCUT2D eigenvalue weighted by atomic mass is 10.2. The topological polar surface area (TPSA) is 106 Å². The van der Waals surface area contributed by atoms with Crippen molar-refractivity contribution in [3.05, 3.63) is 74.5 Å². The van der Waals surface area contributed by atoms with Gasteiger partial charge in [-0.25, -0.2) is 14.6 Å². The standard InChI is InChI=1S/C20H14N6O2S2/c1-11-16(30-20(24-11)12-6-7-29-9-12)19(28)25-14-4-2-3-5-15(14)26-17-13(8-23-26)18(27)22-10-21-17/h2-10H,1H3,(H,25,28)(H,21,22,27). The van der Waals surface area contributed by atoms with Gasteiger partial charge in [-0.15, -0.1) is 11.3 Å².